The first-order valence-corrected chi connectivity index (χ1v) is 8.44. The molecule has 1 heterocycles. The van der Waals surface area contributed by atoms with Crippen LogP contribution in [0.1, 0.15) is 11.1 Å². The van der Waals surface area contributed by atoms with Gasteiger partial charge in [0.25, 0.3) is 0 Å². The van der Waals surface area contributed by atoms with E-state index in [0.29, 0.717) is 5.57 Å². The molecule has 0 saturated heterocycles. The summed E-state index contributed by atoms with van der Waals surface area (Å²) >= 11 is 3.40. The number of allylic oxidation sites excluding steroid dienone is 1. The smallest absolute Gasteiger partial charge is 0.325 e. The van der Waals surface area contributed by atoms with Gasteiger partial charge in [-0.15, -0.1) is 0 Å². The zero-order valence-corrected chi connectivity index (χ0v) is 15.2. The predicted molar refractivity (Wildman–Crippen MR) is 102 cm³/mol. The number of benzene rings is 2. The van der Waals surface area contributed by atoms with Gasteiger partial charge < -0.3 is 9.30 Å². The van der Waals surface area contributed by atoms with E-state index in [2.05, 4.69) is 22.0 Å². The fraction of sp³-hybridized carbons (Fsp3) is 0.100. The fourth-order valence-electron chi connectivity index (χ4n) is 2.69. The number of esters is 1. The van der Waals surface area contributed by atoms with Gasteiger partial charge in [-0.3, -0.25) is 4.79 Å². The lowest BCUT2D eigenvalue weighted by Gasteiger charge is -2.02. The van der Waals surface area contributed by atoms with Crippen molar-refractivity contribution < 1.29 is 9.53 Å². The third kappa shape index (κ3) is 3.65. The highest BCUT2D eigenvalue weighted by Crippen LogP contribution is 2.26. The second-order valence-corrected chi connectivity index (χ2v) is 6.40. The number of rotatable bonds is 4. The number of hydrogen-bond acceptors (Lipinski definition) is 3. The van der Waals surface area contributed by atoms with Crippen LogP contribution in [-0.2, 0) is 16.1 Å². The lowest BCUT2D eigenvalue weighted by atomic mass is 10.0. The normalized spacial score (nSPS) is 11.3. The molecule has 1 aromatic heterocycles. The van der Waals surface area contributed by atoms with E-state index in [0.717, 1.165) is 26.5 Å². The van der Waals surface area contributed by atoms with E-state index in [9.17, 15) is 10.1 Å². The Bertz CT molecular complexity index is 995. The van der Waals surface area contributed by atoms with Crippen molar-refractivity contribution in [3.05, 3.63) is 70.3 Å². The molecule has 124 valence electrons. The van der Waals surface area contributed by atoms with E-state index in [1.807, 2.05) is 65.4 Å². The van der Waals surface area contributed by atoms with Crippen LogP contribution < -0.4 is 0 Å². The van der Waals surface area contributed by atoms with Crippen molar-refractivity contribution in [3.8, 4) is 6.07 Å². The number of fused-ring (bicyclic) bond motifs is 1. The molecule has 3 rings (SSSR count). The molecule has 0 aliphatic heterocycles. The van der Waals surface area contributed by atoms with Crippen LogP contribution in [-0.4, -0.2) is 17.6 Å². The van der Waals surface area contributed by atoms with Crippen molar-refractivity contribution >= 4 is 44.5 Å². The van der Waals surface area contributed by atoms with Crippen LogP contribution in [0.2, 0.25) is 0 Å². The molecule has 0 radical (unpaired) electrons. The van der Waals surface area contributed by atoms with Crippen LogP contribution in [0, 0.1) is 11.3 Å². The van der Waals surface area contributed by atoms with Crippen LogP contribution in [0.3, 0.4) is 0 Å². The van der Waals surface area contributed by atoms with Crippen molar-refractivity contribution in [2.45, 2.75) is 6.54 Å². The standard InChI is InChI=1S/C20H15BrN2O2/c1-25-20(24)13-23-12-16(18-4-2-3-5-19(18)23)10-15(11-22)14-6-8-17(21)9-7-14/h2-10,12H,13H2,1H3/b15-10-. The largest absolute Gasteiger partial charge is 0.468 e. The monoisotopic (exact) mass is 394 g/mol. The molecule has 0 bridgehead atoms. The minimum absolute atomic E-state index is 0.130. The first kappa shape index (κ1) is 17.0. The van der Waals surface area contributed by atoms with Gasteiger partial charge >= 0.3 is 5.97 Å². The second-order valence-electron chi connectivity index (χ2n) is 5.48. The molecule has 0 spiro atoms. The van der Waals surface area contributed by atoms with Gasteiger partial charge in [-0.1, -0.05) is 46.3 Å². The lowest BCUT2D eigenvalue weighted by molar-refractivity contribution is -0.141. The van der Waals surface area contributed by atoms with E-state index in [-0.39, 0.29) is 12.5 Å². The van der Waals surface area contributed by atoms with Gasteiger partial charge in [0.1, 0.15) is 6.54 Å². The Kier molecular flexibility index (Phi) is 5.01. The molecule has 0 saturated carbocycles. The van der Waals surface area contributed by atoms with Gasteiger partial charge in [0.15, 0.2) is 0 Å². The zero-order valence-electron chi connectivity index (χ0n) is 13.6. The summed E-state index contributed by atoms with van der Waals surface area (Å²) in [5.74, 6) is -0.315. The zero-order chi connectivity index (χ0) is 17.8. The van der Waals surface area contributed by atoms with Gasteiger partial charge in [0.05, 0.1) is 18.8 Å². The number of nitriles is 1. The highest BCUT2D eigenvalue weighted by atomic mass is 79.9. The summed E-state index contributed by atoms with van der Waals surface area (Å²) in [6, 6.07) is 17.6. The Labute approximate surface area is 154 Å². The van der Waals surface area contributed by atoms with E-state index in [1.54, 1.807) is 0 Å². The lowest BCUT2D eigenvalue weighted by Crippen LogP contribution is -2.10. The first-order chi connectivity index (χ1) is 12.1. The topological polar surface area (TPSA) is 55.0 Å². The summed E-state index contributed by atoms with van der Waals surface area (Å²) in [4.78, 5) is 11.7. The number of aromatic nitrogens is 1. The summed E-state index contributed by atoms with van der Waals surface area (Å²) in [5.41, 5.74) is 3.22. The number of carbonyl (C=O) groups is 1. The van der Waals surface area contributed by atoms with Crippen LogP contribution in [0.25, 0.3) is 22.6 Å². The van der Waals surface area contributed by atoms with E-state index in [4.69, 9.17) is 4.74 Å². The Morgan fingerprint density at radius 3 is 2.64 bits per heavy atom. The number of ether oxygens (including phenoxy) is 1. The quantitative estimate of drug-likeness (QED) is 0.478. The molecule has 25 heavy (non-hydrogen) atoms. The highest BCUT2D eigenvalue weighted by Gasteiger charge is 2.11. The van der Waals surface area contributed by atoms with Crippen LogP contribution in [0.5, 0.6) is 0 Å². The molecule has 0 aliphatic carbocycles. The molecule has 0 fully saturated rings. The predicted octanol–water partition coefficient (Wildman–Crippen LogP) is 4.64. The number of nitrogens with zero attached hydrogens (tertiary/aromatic N) is 2. The SMILES string of the molecule is COC(=O)Cn1cc(/C=C(/C#N)c2ccc(Br)cc2)c2ccccc21. The van der Waals surface area contributed by atoms with Crippen molar-refractivity contribution in [1.82, 2.24) is 4.57 Å². The average Bonchev–Trinajstić information content (AvgIpc) is 2.98. The number of methoxy groups -OCH3 is 1. The minimum atomic E-state index is -0.315. The first-order valence-electron chi connectivity index (χ1n) is 7.65. The van der Waals surface area contributed by atoms with Crippen molar-refractivity contribution in [2.24, 2.45) is 0 Å². The van der Waals surface area contributed by atoms with E-state index < -0.39 is 0 Å². The summed E-state index contributed by atoms with van der Waals surface area (Å²) in [7, 11) is 1.37. The van der Waals surface area contributed by atoms with Gasteiger partial charge in [0.2, 0.25) is 0 Å². The van der Waals surface area contributed by atoms with Crippen molar-refractivity contribution in [3.63, 3.8) is 0 Å². The van der Waals surface area contributed by atoms with Gasteiger partial charge in [-0.2, -0.15) is 5.26 Å². The molecular formula is C20H15BrN2O2. The molecule has 2 aromatic carbocycles. The second kappa shape index (κ2) is 7.37. The van der Waals surface area contributed by atoms with Crippen LogP contribution >= 0.6 is 15.9 Å². The summed E-state index contributed by atoms with van der Waals surface area (Å²) in [6.45, 7) is 0.130. The molecule has 0 amide bonds. The van der Waals surface area contributed by atoms with Gasteiger partial charge in [0, 0.05) is 27.1 Å². The molecule has 3 aromatic rings. The number of hydrogen-bond donors (Lipinski definition) is 0. The molecule has 0 unspecified atom stereocenters. The number of halogens is 1. The highest BCUT2D eigenvalue weighted by molar-refractivity contribution is 9.10. The minimum Gasteiger partial charge on any atom is -0.468 e. The summed E-state index contributed by atoms with van der Waals surface area (Å²) < 4.78 is 7.56. The van der Waals surface area contributed by atoms with Crippen LogP contribution in [0.15, 0.2) is 59.2 Å². The van der Waals surface area contributed by atoms with E-state index in [1.165, 1.54) is 7.11 Å². The Morgan fingerprint density at radius 2 is 1.96 bits per heavy atom. The van der Waals surface area contributed by atoms with Crippen LogP contribution in [0.4, 0.5) is 0 Å². The molecule has 0 aliphatic rings. The fourth-order valence-corrected chi connectivity index (χ4v) is 2.95. The van der Waals surface area contributed by atoms with Crippen molar-refractivity contribution in [1.29, 1.82) is 5.26 Å². The molecular weight excluding hydrogens is 380 g/mol. The average molecular weight is 395 g/mol. The molecule has 4 nitrogen and oxygen atoms in total. The maximum atomic E-state index is 11.7. The van der Waals surface area contributed by atoms with Gasteiger partial charge in [-0.25, -0.2) is 0 Å². The molecule has 5 heteroatoms. The molecule has 0 atom stereocenters. The third-order valence-corrected chi connectivity index (χ3v) is 4.45. The van der Waals surface area contributed by atoms with Gasteiger partial charge in [-0.05, 0) is 29.8 Å². The number of para-hydroxylation sites is 1. The maximum Gasteiger partial charge on any atom is 0.325 e. The Balaban J connectivity index is 2.10. The molecule has 0 N–H and O–H groups in total. The maximum absolute atomic E-state index is 11.7. The Hall–Kier alpha value is -2.84. The summed E-state index contributed by atoms with van der Waals surface area (Å²) in [6.07, 6.45) is 3.72. The number of carbonyl (C=O) groups excluding carboxylic acids is 1. The van der Waals surface area contributed by atoms with Crippen molar-refractivity contribution in [2.75, 3.05) is 7.11 Å². The summed E-state index contributed by atoms with van der Waals surface area (Å²) in [5, 5.41) is 10.5. The van der Waals surface area contributed by atoms with E-state index >= 15 is 0 Å². The third-order valence-electron chi connectivity index (χ3n) is 3.92. The Morgan fingerprint density at radius 1 is 1.24 bits per heavy atom.